The Hall–Kier alpha value is -4.78. The van der Waals surface area contributed by atoms with Crippen molar-refractivity contribution in [2.24, 2.45) is 0 Å². The zero-order valence-corrected chi connectivity index (χ0v) is 22.6. The van der Waals surface area contributed by atoms with Gasteiger partial charge in [-0.1, -0.05) is 35.9 Å². The van der Waals surface area contributed by atoms with E-state index in [0.717, 1.165) is 11.6 Å². The van der Waals surface area contributed by atoms with Crippen molar-refractivity contribution in [3.63, 3.8) is 0 Å². The van der Waals surface area contributed by atoms with Gasteiger partial charge >= 0.3 is 0 Å². The van der Waals surface area contributed by atoms with Crippen LogP contribution in [0.4, 0.5) is 5.69 Å². The predicted octanol–water partition coefficient (Wildman–Crippen LogP) is 3.25. The smallest absolute Gasteiger partial charge is 0.282 e. The van der Waals surface area contributed by atoms with Crippen LogP contribution in [0.3, 0.4) is 0 Å². The van der Waals surface area contributed by atoms with Gasteiger partial charge in [-0.15, -0.1) is 0 Å². The third-order valence-corrected chi connectivity index (χ3v) is 9.02. The minimum atomic E-state index is -4.50. The summed E-state index contributed by atoms with van der Waals surface area (Å²) < 4.78 is 39.2. The Kier molecular flexibility index (Phi) is 6.14. The minimum Gasteiger partial charge on any atom is -0.493 e. The number of β-lactam (4-membered cyclic amide) rings is 1. The fourth-order valence-electron chi connectivity index (χ4n) is 5.31. The molecule has 2 atom stereocenters. The molecule has 2 heterocycles. The Morgan fingerprint density at radius 2 is 1.57 bits per heavy atom. The third kappa shape index (κ3) is 3.50. The molecule has 3 amide bonds. The van der Waals surface area contributed by atoms with E-state index in [9.17, 15) is 32.9 Å². The van der Waals surface area contributed by atoms with Crippen LogP contribution in [0.25, 0.3) is 0 Å². The van der Waals surface area contributed by atoms with Crippen molar-refractivity contribution in [1.82, 2.24) is 9.21 Å². The SMILES string of the molecule is COc1cccc(C2N(S(=O)(=O)c3ccc(C)cc3)C(=O)C2(C)N2C(=O)c3cccc([N+](=O)[O-])c3C2=O)c1OC. The number of sulfonamides is 1. The molecule has 1 saturated heterocycles. The molecule has 0 radical (unpaired) electrons. The summed E-state index contributed by atoms with van der Waals surface area (Å²) >= 11 is 0. The number of hydrogen-bond acceptors (Lipinski definition) is 9. The van der Waals surface area contributed by atoms with Gasteiger partial charge in [-0.25, -0.2) is 12.7 Å². The molecule has 2 aliphatic heterocycles. The third-order valence-electron chi connectivity index (χ3n) is 7.26. The van der Waals surface area contributed by atoms with Crippen molar-refractivity contribution in [3.05, 3.63) is 93.0 Å². The van der Waals surface area contributed by atoms with Crippen LogP contribution in [0.5, 0.6) is 11.5 Å². The van der Waals surface area contributed by atoms with Gasteiger partial charge in [-0.2, -0.15) is 0 Å². The van der Waals surface area contributed by atoms with Gasteiger partial charge in [-0.3, -0.25) is 29.4 Å². The number of carbonyl (C=O) groups is 3. The van der Waals surface area contributed by atoms with Gasteiger partial charge in [0.15, 0.2) is 17.0 Å². The van der Waals surface area contributed by atoms with Crippen molar-refractivity contribution in [3.8, 4) is 11.5 Å². The Bertz CT molecular complexity index is 1720. The van der Waals surface area contributed by atoms with E-state index in [1.165, 1.54) is 51.5 Å². The number of para-hydroxylation sites is 1. The zero-order chi connectivity index (χ0) is 29.1. The van der Waals surface area contributed by atoms with Crippen molar-refractivity contribution in [1.29, 1.82) is 0 Å². The van der Waals surface area contributed by atoms with Gasteiger partial charge < -0.3 is 9.47 Å². The van der Waals surface area contributed by atoms with Crippen LogP contribution in [0, 0.1) is 17.0 Å². The van der Waals surface area contributed by atoms with Gasteiger partial charge in [-0.05, 0) is 38.1 Å². The van der Waals surface area contributed by atoms with Gasteiger partial charge in [0.25, 0.3) is 33.4 Å². The number of imide groups is 1. The van der Waals surface area contributed by atoms with Crippen molar-refractivity contribution in [2.45, 2.75) is 30.3 Å². The maximum Gasteiger partial charge on any atom is 0.282 e. The highest BCUT2D eigenvalue weighted by Crippen LogP contribution is 2.55. The molecule has 3 aromatic carbocycles. The second-order valence-corrected chi connectivity index (χ2v) is 11.3. The van der Waals surface area contributed by atoms with E-state index >= 15 is 0 Å². The van der Waals surface area contributed by atoms with Crippen LogP contribution in [-0.4, -0.2) is 60.0 Å². The predicted molar refractivity (Wildman–Crippen MR) is 139 cm³/mol. The van der Waals surface area contributed by atoms with E-state index in [1.54, 1.807) is 31.2 Å². The number of hydrogen-bond donors (Lipinski definition) is 0. The summed E-state index contributed by atoms with van der Waals surface area (Å²) in [5.74, 6) is -2.81. The lowest BCUT2D eigenvalue weighted by Crippen LogP contribution is -2.75. The number of aryl methyl sites for hydroxylation is 1. The first-order valence-corrected chi connectivity index (χ1v) is 13.4. The fraction of sp³-hybridized carbons (Fsp3) is 0.222. The average molecular weight is 566 g/mol. The lowest BCUT2D eigenvalue weighted by Gasteiger charge is -2.55. The molecule has 0 bridgehead atoms. The molecule has 5 rings (SSSR count). The molecule has 1 fully saturated rings. The monoisotopic (exact) mass is 565 g/mol. The molecule has 2 unspecified atom stereocenters. The number of nitrogens with zero attached hydrogens (tertiary/aromatic N) is 3. The quantitative estimate of drug-likeness (QED) is 0.182. The van der Waals surface area contributed by atoms with Crippen molar-refractivity contribution >= 4 is 33.4 Å². The number of rotatable bonds is 7. The highest BCUT2D eigenvalue weighted by atomic mass is 32.2. The summed E-state index contributed by atoms with van der Waals surface area (Å²) in [6.45, 7) is 3.03. The topological polar surface area (TPSA) is 153 Å². The molecule has 206 valence electrons. The van der Waals surface area contributed by atoms with Gasteiger partial charge in [0, 0.05) is 11.6 Å². The maximum absolute atomic E-state index is 14.0. The lowest BCUT2D eigenvalue weighted by molar-refractivity contribution is -0.385. The fourth-order valence-corrected chi connectivity index (χ4v) is 7.01. The van der Waals surface area contributed by atoms with Crippen LogP contribution in [0.15, 0.2) is 65.6 Å². The summed E-state index contributed by atoms with van der Waals surface area (Å²) in [5, 5.41) is 11.7. The highest BCUT2D eigenvalue weighted by molar-refractivity contribution is 7.89. The number of fused-ring (bicyclic) bond motifs is 1. The second kappa shape index (κ2) is 9.16. The lowest BCUT2D eigenvalue weighted by atomic mass is 9.76. The zero-order valence-electron chi connectivity index (χ0n) is 21.8. The van der Waals surface area contributed by atoms with Crippen molar-refractivity contribution < 1.29 is 37.2 Å². The number of nitro groups is 1. The molecule has 0 aromatic heterocycles. The molecule has 0 aliphatic carbocycles. The van der Waals surface area contributed by atoms with E-state index in [2.05, 4.69) is 0 Å². The number of nitro benzene ring substituents is 1. The van der Waals surface area contributed by atoms with Gasteiger partial charge in [0.05, 0.1) is 29.6 Å². The Labute approximate surface area is 228 Å². The molecule has 12 nitrogen and oxygen atoms in total. The number of carbonyl (C=O) groups excluding carboxylic acids is 3. The van der Waals surface area contributed by atoms with Crippen LogP contribution in [-0.2, 0) is 14.8 Å². The van der Waals surface area contributed by atoms with Crippen molar-refractivity contribution in [2.75, 3.05) is 14.2 Å². The van der Waals surface area contributed by atoms with E-state index in [0.29, 0.717) is 9.21 Å². The normalized spacial score (nSPS) is 20.3. The van der Waals surface area contributed by atoms with E-state index in [4.69, 9.17) is 9.47 Å². The maximum atomic E-state index is 14.0. The summed E-state index contributed by atoms with van der Waals surface area (Å²) in [4.78, 5) is 52.5. The summed E-state index contributed by atoms with van der Waals surface area (Å²) in [5.41, 5.74) is -2.50. The van der Waals surface area contributed by atoms with E-state index in [-0.39, 0.29) is 27.5 Å². The summed E-state index contributed by atoms with van der Waals surface area (Å²) in [6.07, 6.45) is 0. The molecule has 3 aromatic rings. The number of ether oxygens (including phenoxy) is 2. The molecule has 0 saturated carbocycles. The number of amides is 3. The van der Waals surface area contributed by atoms with Crippen LogP contribution in [0.2, 0.25) is 0 Å². The molecule has 0 spiro atoms. The highest BCUT2D eigenvalue weighted by Gasteiger charge is 2.70. The number of methoxy groups -OCH3 is 2. The van der Waals surface area contributed by atoms with Crippen LogP contribution >= 0.6 is 0 Å². The first-order valence-electron chi connectivity index (χ1n) is 11.9. The Balaban J connectivity index is 1.73. The molecule has 0 N–H and O–H groups in total. The molecule has 2 aliphatic rings. The Morgan fingerprint density at radius 1 is 0.925 bits per heavy atom. The van der Waals surface area contributed by atoms with E-state index in [1.807, 2.05) is 0 Å². The average Bonchev–Trinajstić information content (AvgIpc) is 3.20. The first-order chi connectivity index (χ1) is 18.9. The molecule has 13 heteroatoms. The standard InChI is InChI=1S/C27H23N3O9S/c1-15-11-13-16(14-12-15)40(36,37)29-23(18-8-6-10-20(38-3)22(18)39-4)27(2,26(29)33)28-24(31)17-7-5-9-19(30(34)35)21(17)25(28)32/h5-14,23H,1-4H3. The Morgan fingerprint density at radius 3 is 2.17 bits per heavy atom. The second-order valence-electron chi connectivity index (χ2n) is 9.45. The van der Waals surface area contributed by atoms with Gasteiger partial charge in [0.1, 0.15) is 11.6 Å². The van der Waals surface area contributed by atoms with Gasteiger partial charge in [0.2, 0.25) is 0 Å². The van der Waals surface area contributed by atoms with Crippen LogP contribution in [0.1, 0.15) is 44.8 Å². The largest absolute Gasteiger partial charge is 0.493 e. The van der Waals surface area contributed by atoms with E-state index < -0.39 is 55.5 Å². The molecular formula is C27H23N3O9S. The summed E-state index contributed by atoms with van der Waals surface area (Å²) in [6, 6.07) is 12.6. The minimum absolute atomic E-state index is 0.0837. The molecular weight excluding hydrogens is 542 g/mol. The van der Waals surface area contributed by atoms with Crippen LogP contribution < -0.4 is 9.47 Å². The first kappa shape index (κ1) is 26.8. The number of benzene rings is 3. The molecule has 40 heavy (non-hydrogen) atoms. The summed E-state index contributed by atoms with van der Waals surface area (Å²) in [7, 11) is -1.81.